The average molecular weight is 359 g/mol. The van der Waals surface area contributed by atoms with Crippen LogP contribution < -0.4 is 5.11 Å². The second-order valence-corrected chi connectivity index (χ2v) is 5.60. The predicted molar refractivity (Wildman–Crippen MR) is 105 cm³/mol. The fourth-order valence-electron chi connectivity index (χ4n) is 1.93. The molecule has 144 valence electrons. The molecule has 0 heterocycles. The third-order valence-corrected chi connectivity index (χ3v) is 3.31. The summed E-state index contributed by atoms with van der Waals surface area (Å²) in [5.74, 6) is -1.01. The monoisotopic (exact) mass is 359 g/mol. The Bertz CT molecular complexity index is 510. The molecule has 0 bridgehead atoms. The lowest BCUT2D eigenvalue weighted by Crippen LogP contribution is -2.21. The number of aliphatic carboxylic acids is 1. The van der Waals surface area contributed by atoms with Gasteiger partial charge >= 0.3 is 0 Å². The largest absolute Gasteiger partial charge is 0.550 e. The lowest BCUT2D eigenvalue weighted by molar-refractivity contribution is -0.305. The Morgan fingerprint density at radius 2 is 1.54 bits per heavy atom. The first kappa shape index (κ1) is 23.8. The van der Waals surface area contributed by atoms with Crippen molar-refractivity contribution in [3.63, 3.8) is 0 Å². The number of carbonyl (C=O) groups excluding carboxylic acids is 1. The van der Waals surface area contributed by atoms with E-state index >= 15 is 0 Å². The highest BCUT2D eigenvalue weighted by molar-refractivity contribution is 5.64. The van der Waals surface area contributed by atoms with Crippen molar-refractivity contribution < 1.29 is 20.0 Å². The van der Waals surface area contributed by atoms with Crippen LogP contribution in [0.25, 0.3) is 0 Å². The molecule has 1 atom stereocenters. The average Bonchev–Trinajstić information content (AvgIpc) is 2.63. The van der Waals surface area contributed by atoms with Gasteiger partial charge in [0.2, 0.25) is 0 Å². The smallest absolute Gasteiger partial charge is 0.115 e. The Kier molecular flexibility index (Phi) is 17.6. The Balaban J connectivity index is 3.77. The summed E-state index contributed by atoms with van der Waals surface area (Å²) in [4.78, 5) is 14.6. The van der Waals surface area contributed by atoms with E-state index in [2.05, 4.69) is 36.1 Å². The zero-order chi connectivity index (χ0) is 19.3. The topological polar surface area (TPSA) is 69.6 Å². The molecule has 0 aromatic rings. The summed E-state index contributed by atoms with van der Waals surface area (Å²) >= 11 is 0. The number of hydrogen-bond donors (Lipinski definition) is 1. The van der Waals surface area contributed by atoms with Crippen LogP contribution in [0.4, 0.5) is 0 Å². The lowest BCUT2D eigenvalue weighted by atomic mass is 10.2. The molecule has 0 fully saturated rings. The summed E-state index contributed by atoms with van der Waals surface area (Å²) in [5.41, 5.74) is 0. The van der Waals surface area contributed by atoms with Gasteiger partial charge in [-0.1, -0.05) is 79.8 Å². The van der Waals surface area contributed by atoms with Gasteiger partial charge in [0.25, 0.3) is 0 Å². The molecule has 0 aromatic carbocycles. The number of carboxylic acids is 1. The lowest BCUT2D eigenvalue weighted by Gasteiger charge is -2.03. The molecule has 0 radical (unpaired) electrons. The van der Waals surface area contributed by atoms with E-state index in [9.17, 15) is 9.90 Å². The fourth-order valence-corrected chi connectivity index (χ4v) is 1.93. The summed E-state index contributed by atoms with van der Waals surface area (Å²) in [6, 6.07) is 0. The molecule has 0 aliphatic rings. The highest BCUT2D eigenvalue weighted by atomic mass is 17.1. The number of rotatable bonds is 15. The molecule has 0 unspecified atom stereocenters. The molecule has 0 saturated carbocycles. The number of hydrogen-bond acceptors (Lipinski definition) is 4. The SMILES string of the molecule is CC/C=C\C[C@@H](/C=C/C=C\C/C=C\C/C=C\C/C=C\CCC(=O)[O-])OO. The van der Waals surface area contributed by atoms with Gasteiger partial charge in [-0.25, -0.2) is 4.89 Å². The third-order valence-electron chi connectivity index (χ3n) is 3.31. The van der Waals surface area contributed by atoms with Gasteiger partial charge in [-0.05, 0) is 44.9 Å². The van der Waals surface area contributed by atoms with Crippen LogP contribution in [0.5, 0.6) is 0 Å². The zero-order valence-electron chi connectivity index (χ0n) is 15.6. The van der Waals surface area contributed by atoms with Crippen molar-refractivity contribution in [3.8, 4) is 0 Å². The van der Waals surface area contributed by atoms with Crippen LogP contribution in [0.15, 0.2) is 72.9 Å². The van der Waals surface area contributed by atoms with E-state index in [1.165, 1.54) is 0 Å². The van der Waals surface area contributed by atoms with Crippen LogP contribution in [0.3, 0.4) is 0 Å². The molecule has 4 heteroatoms. The molecule has 26 heavy (non-hydrogen) atoms. The fraction of sp³-hybridized carbons (Fsp3) is 0.409. The molecular formula is C22H31O4-. The molecule has 0 aliphatic heterocycles. The summed E-state index contributed by atoms with van der Waals surface area (Å²) in [7, 11) is 0. The standard InChI is InChI=1S/C22H32O4/c1-2-3-15-18-21(26-25)19-16-13-11-9-7-5-4-6-8-10-12-14-17-20-22(23)24/h3,5-8,11-16,19,21,25H,2,4,9-10,17-18,20H2,1H3,(H,23,24)/p-1/b7-5-,8-6-,13-11-,14-12-,15-3-,19-16+/t21-/m0/s1. The van der Waals surface area contributed by atoms with Crippen LogP contribution in [-0.2, 0) is 9.68 Å². The van der Waals surface area contributed by atoms with E-state index in [4.69, 9.17) is 5.26 Å². The molecule has 0 aromatic heterocycles. The molecular weight excluding hydrogens is 328 g/mol. The molecule has 1 N–H and O–H groups in total. The van der Waals surface area contributed by atoms with Crippen molar-refractivity contribution in [1.29, 1.82) is 0 Å². The normalized spacial score (nSPS) is 14.2. The van der Waals surface area contributed by atoms with Crippen molar-refractivity contribution in [2.45, 2.75) is 58.0 Å². The summed E-state index contributed by atoms with van der Waals surface area (Å²) < 4.78 is 0. The minimum absolute atomic E-state index is 0.0786. The Labute approximate surface area is 157 Å². The second-order valence-electron chi connectivity index (χ2n) is 5.60. The number of carbonyl (C=O) groups is 1. The molecule has 0 rings (SSSR count). The molecule has 0 spiro atoms. The zero-order valence-corrected chi connectivity index (χ0v) is 15.6. The van der Waals surface area contributed by atoms with E-state index in [0.29, 0.717) is 12.8 Å². The maximum Gasteiger partial charge on any atom is 0.115 e. The van der Waals surface area contributed by atoms with Crippen LogP contribution in [0, 0.1) is 0 Å². The Morgan fingerprint density at radius 3 is 2.12 bits per heavy atom. The van der Waals surface area contributed by atoms with Crippen LogP contribution in [0.1, 0.15) is 51.9 Å². The summed E-state index contributed by atoms with van der Waals surface area (Å²) in [6.07, 6.45) is 28.3. The first-order chi connectivity index (χ1) is 12.7. The van der Waals surface area contributed by atoms with Crippen molar-refractivity contribution in [2.75, 3.05) is 0 Å². The van der Waals surface area contributed by atoms with Gasteiger partial charge in [-0.2, -0.15) is 0 Å². The van der Waals surface area contributed by atoms with Crippen molar-refractivity contribution >= 4 is 5.97 Å². The number of carboxylic acid groups (broad SMARTS) is 1. The van der Waals surface area contributed by atoms with Crippen molar-refractivity contribution in [1.82, 2.24) is 0 Å². The van der Waals surface area contributed by atoms with Gasteiger partial charge in [0, 0.05) is 5.97 Å². The van der Waals surface area contributed by atoms with Crippen molar-refractivity contribution in [2.24, 2.45) is 0 Å². The molecule has 0 amide bonds. The van der Waals surface area contributed by atoms with Gasteiger partial charge in [-0.3, -0.25) is 5.26 Å². The first-order valence-corrected chi connectivity index (χ1v) is 9.14. The molecule has 4 nitrogen and oxygen atoms in total. The molecule has 0 aliphatic carbocycles. The molecule has 0 saturated heterocycles. The minimum Gasteiger partial charge on any atom is -0.550 e. The second kappa shape index (κ2) is 19.2. The van der Waals surface area contributed by atoms with Gasteiger partial charge in [0.05, 0.1) is 0 Å². The van der Waals surface area contributed by atoms with Crippen LogP contribution in [-0.4, -0.2) is 17.3 Å². The van der Waals surface area contributed by atoms with E-state index in [-0.39, 0.29) is 12.5 Å². The summed E-state index contributed by atoms with van der Waals surface area (Å²) in [6.45, 7) is 2.06. The maximum absolute atomic E-state index is 10.2. The van der Waals surface area contributed by atoms with E-state index in [0.717, 1.165) is 25.7 Å². The van der Waals surface area contributed by atoms with Gasteiger partial charge in [0.15, 0.2) is 0 Å². The highest BCUT2D eigenvalue weighted by Gasteiger charge is 1.99. The number of allylic oxidation sites excluding steroid dienone is 10. The van der Waals surface area contributed by atoms with Gasteiger partial charge < -0.3 is 9.90 Å². The summed E-state index contributed by atoms with van der Waals surface area (Å²) in [5, 5.41) is 19.0. The maximum atomic E-state index is 10.2. The van der Waals surface area contributed by atoms with E-state index in [1.54, 1.807) is 0 Å². The Morgan fingerprint density at radius 1 is 0.923 bits per heavy atom. The third kappa shape index (κ3) is 18.2. The van der Waals surface area contributed by atoms with Gasteiger partial charge in [-0.15, -0.1) is 0 Å². The van der Waals surface area contributed by atoms with Crippen LogP contribution in [0.2, 0.25) is 0 Å². The van der Waals surface area contributed by atoms with Gasteiger partial charge in [0.1, 0.15) is 6.10 Å². The predicted octanol–water partition coefficient (Wildman–Crippen LogP) is 4.68. The minimum atomic E-state index is -1.01. The first-order valence-electron chi connectivity index (χ1n) is 9.14. The highest BCUT2D eigenvalue weighted by Crippen LogP contribution is 2.02. The van der Waals surface area contributed by atoms with E-state index in [1.807, 2.05) is 48.6 Å². The van der Waals surface area contributed by atoms with Crippen LogP contribution >= 0.6 is 0 Å². The van der Waals surface area contributed by atoms with E-state index < -0.39 is 5.97 Å². The van der Waals surface area contributed by atoms with Crippen molar-refractivity contribution in [3.05, 3.63) is 72.9 Å². The Hall–Kier alpha value is -2.17. The quantitative estimate of drug-likeness (QED) is 0.199.